The Kier molecular flexibility index (Phi) is 3.03. The number of aryl methyl sites for hydroxylation is 1. The van der Waals surface area contributed by atoms with Gasteiger partial charge in [0.2, 0.25) is 0 Å². The minimum Gasteiger partial charge on any atom is -0.480 e. The van der Waals surface area contributed by atoms with Crippen molar-refractivity contribution >= 4 is 17.6 Å². The number of carboxylic acids is 1. The first-order valence-corrected chi connectivity index (χ1v) is 6.59. The van der Waals surface area contributed by atoms with Crippen LogP contribution < -0.4 is 0 Å². The molecule has 2 aromatic rings. The minimum atomic E-state index is -0.795. The van der Waals surface area contributed by atoms with E-state index in [-0.39, 0.29) is 0 Å². The van der Waals surface area contributed by atoms with Gasteiger partial charge in [-0.25, -0.2) is 9.78 Å². The molecule has 2 heterocycles. The number of imidazole rings is 1. The van der Waals surface area contributed by atoms with Crippen LogP contribution in [0.3, 0.4) is 0 Å². The lowest BCUT2D eigenvalue weighted by molar-refractivity contribution is -0.141. The van der Waals surface area contributed by atoms with E-state index in [0.717, 1.165) is 29.9 Å². The maximum atomic E-state index is 11.2. The lowest BCUT2D eigenvalue weighted by Gasteiger charge is -2.20. The van der Waals surface area contributed by atoms with E-state index in [0.29, 0.717) is 11.4 Å². The van der Waals surface area contributed by atoms with Crippen molar-refractivity contribution in [2.75, 3.05) is 0 Å². The molecule has 19 heavy (non-hydrogen) atoms. The Bertz CT molecular complexity index is 636. The third-order valence-electron chi connectivity index (χ3n) is 3.43. The second-order valence-electron chi connectivity index (χ2n) is 4.71. The molecule has 1 aliphatic rings. The van der Waals surface area contributed by atoms with Crippen LogP contribution in [0.1, 0.15) is 24.7 Å². The van der Waals surface area contributed by atoms with Crippen LogP contribution in [0.25, 0.3) is 11.3 Å². The molecule has 1 aromatic carbocycles. The predicted molar refractivity (Wildman–Crippen MR) is 72.3 cm³/mol. The number of rotatable bonds is 2. The zero-order chi connectivity index (χ0) is 13.4. The molecule has 1 N–H and O–H groups in total. The molecule has 0 saturated heterocycles. The highest BCUT2D eigenvalue weighted by molar-refractivity contribution is 6.30. The van der Waals surface area contributed by atoms with Gasteiger partial charge in [-0.05, 0) is 25.0 Å². The van der Waals surface area contributed by atoms with Crippen molar-refractivity contribution < 1.29 is 9.90 Å². The molecule has 98 valence electrons. The topological polar surface area (TPSA) is 55.1 Å². The minimum absolute atomic E-state index is 0.496. The van der Waals surface area contributed by atoms with Crippen molar-refractivity contribution in [1.29, 1.82) is 0 Å². The van der Waals surface area contributed by atoms with Crippen LogP contribution in [0.15, 0.2) is 30.5 Å². The molecule has 1 unspecified atom stereocenters. The van der Waals surface area contributed by atoms with Crippen LogP contribution in [0.5, 0.6) is 0 Å². The standard InChI is InChI=1S/C14H13ClN2O2/c15-10-4-1-3-9(7-10)11-8-17-12(14(18)19)5-2-6-13(17)16-11/h1,3-4,7-8,12H,2,5-6H2,(H,18,19). The number of aliphatic carboxylic acids is 1. The van der Waals surface area contributed by atoms with E-state index in [1.807, 2.05) is 24.4 Å². The molecule has 1 aliphatic heterocycles. The van der Waals surface area contributed by atoms with E-state index in [1.54, 1.807) is 10.6 Å². The van der Waals surface area contributed by atoms with Crippen LogP contribution in [-0.4, -0.2) is 20.6 Å². The zero-order valence-electron chi connectivity index (χ0n) is 10.2. The highest BCUT2D eigenvalue weighted by atomic mass is 35.5. The van der Waals surface area contributed by atoms with Gasteiger partial charge in [0.25, 0.3) is 0 Å². The summed E-state index contributed by atoms with van der Waals surface area (Å²) >= 11 is 5.97. The maximum absolute atomic E-state index is 11.2. The molecular formula is C14H13ClN2O2. The fourth-order valence-electron chi connectivity index (χ4n) is 2.51. The van der Waals surface area contributed by atoms with Crippen molar-refractivity contribution in [3.05, 3.63) is 41.3 Å². The van der Waals surface area contributed by atoms with E-state index in [2.05, 4.69) is 4.98 Å². The lowest BCUT2D eigenvalue weighted by Crippen LogP contribution is -2.24. The summed E-state index contributed by atoms with van der Waals surface area (Å²) in [5.74, 6) is 0.0459. The summed E-state index contributed by atoms with van der Waals surface area (Å²) in [4.78, 5) is 15.8. The molecule has 0 radical (unpaired) electrons. The van der Waals surface area contributed by atoms with Gasteiger partial charge in [-0.1, -0.05) is 23.7 Å². The Morgan fingerprint density at radius 1 is 1.47 bits per heavy atom. The van der Waals surface area contributed by atoms with E-state index in [1.165, 1.54) is 0 Å². The summed E-state index contributed by atoms with van der Waals surface area (Å²) in [6.45, 7) is 0. The van der Waals surface area contributed by atoms with Gasteiger partial charge in [0, 0.05) is 23.2 Å². The first kappa shape index (κ1) is 12.2. The molecule has 0 fully saturated rings. The summed E-state index contributed by atoms with van der Waals surface area (Å²) in [6.07, 6.45) is 4.17. The summed E-state index contributed by atoms with van der Waals surface area (Å²) < 4.78 is 1.78. The molecule has 0 aliphatic carbocycles. The molecule has 5 heteroatoms. The third kappa shape index (κ3) is 2.24. The number of fused-ring (bicyclic) bond motifs is 1. The number of halogens is 1. The molecular weight excluding hydrogens is 264 g/mol. The molecule has 1 atom stereocenters. The average molecular weight is 277 g/mol. The van der Waals surface area contributed by atoms with Gasteiger partial charge in [-0.15, -0.1) is 0 Å². The second kappa shape index (κ2) is 4.70. The SMILES string of the molecule is O=C(O)C1CCCc2nc(-c3cccc(Cl)c3)cn21. The van der Waals surface area contributed by atoms with Crippen molar-refractivity contribution in [2.45, 2.75) is 25.3 Å². The number of carboxylic acid groups (broad SMARTS) is 1. The first-order chi connectivity index (χ1) is 9.15. The molecule has 3 rings (SSSR count). The molecule has 0 spiro atoms. The number of aromatic nitrogens is 2. The fraction of sp³-hybridized carbons (Fsp3) is 0.286. The molecule has 0 bridgehead atoms. The van der Waals surface area contributed by atoms with Gasteiger partial charge in [-0.3, -0.25) is 0 Å². The Labute approximate surface area is 115 Å². The van der Waals surface area contributed by atoms with E-state index >= 15 is 0 Å². The van der Waals surface area contributed by atoms with Gasteiger partial charge in [0.05, 0.1) is 5.69 Å². The van der Waals surface area contributed by atoms with Crippen LogP contribution in [-0.2, 0) is 11.2 Å². The zero-order valence-corrected chi connectivity index (χ0v) is 11.0. The fourth-order valence-corrected chi connectivity index (χ4v) is 2.70. The summed E-state index contributed by atoms with van der Waals surface area (Å²) in [5, 5.41) is 9.89. The number of hydrogen-bond acceptors (Lipinski definition) is 2. The monoisotopic (exact) mass is 276 g/mol. The maximum Gasteiger partial charge on any atom is 0.326 e. The highest BCUT2D eigenvalue weighted by Gasteiger charge is 2.27. The molecule has 0 amide bonds. The number of carbonyl (C=O) groups is 1. The van der Waals surface area contributed by atoms with Crippen molar-refractivity contribution in [3.63, 3.8) is 0 Å². The molecule has 1 aromatic heterocycles. The smallest absolute Gasteiger partial charge is 0.326 e. The Morgan fingerprint density at radius 2 is 2.32 bits per heavy atom. The molecule has 4 nitrogen and oxygen atoms in total. The van der Waals surface area contributed by atoms with Crippen LogP contribution in [0.2, 0.25) is 5.02 Å². The quantitative estimate of drug-likeness (QED) is 0.917. The van der Waals surface area contributed by atoms with Crippen molar-refractivity contribution in [1.82, 2.24) is 9.55 Å². The van der Waals surface area contributed by atoms with Gasteiger partial charge >= 0.3 is 5.97 Å². The Morgan fingerprint density at radius 3 is 3.05 bits per heavy atom. The first-order valence-electron chi connectivity index (χ1n) is 6.21. The van der Waals surface area contributed by atoms with E-state index in [4.69, 9.17) is 11.6 Å². The average Bonchev–Trinajstić information content (AvgIpc) is 2.82. The van der Waals surface area contributed by atoms with Crippen LogP contribution in [0.4, 0.5) is 0 Å². The van der Waals surface area contributed by atoms with Crippen LogP contribution >= 0.6 is 11.6 Å². The predicted octanol–water partition coefficient (Wildman–Crippen LogP) is 3.17. The van der Waals surface area contributed by atoms with Gasteiger partial charge in [0.1, 0.15) is 11.9 Å². The van der Waals surface area contributed by atoms with Gasteiger partial charge in [-0.2, -0.15) is 0 Å². The summed E-state index contributed by atoms with van der Waals surface area (Å²) in [6, 6.07) is 6.94. The van der Waals surface area contributed by atoms with Crippen molar-refractivity contribution in [2.24, 2.45) is 0 Å². The summed E-state index contributed by atoms with van der Waals surface area (Å²) in [7, 11) is 0. The number of hydrogen-bond donors (Lipinski definition) is 1. The Hall–Kier alpha value is -1.81. The van der Waals surface area contributed by atoms with Gasteiger partial charge in [0.15, 0.2) is 0 Å². The van der Waals surface area contributed by atoms with Gasteiger partial charge < -0.3 is 9.67 Å². The third-order valence-corrected chi connectivity index (χ3v) is 3.66. The molecule has 0 saturated carbocycles. The van der Waals surface area contributed by atoms with Crippen LogP contribution in [0, 0.1) is 0 Å². The second-order valence-corrected chi connectivity index (χ2v) is 5.14. The normalized spacial score (nSPS) is 18.1. The highest BCUT2D eigenvalue weighted by Crippen LogP contribution is 2.29. The number of benzene rings is 1. The number of nitrogens with zero attached hydrogens (tertiary/aromatic N) is 2. The van der Waals surface area contributed by atoms with E-state index < -0.39 is 12.0 Å². The van der Waals surface area contributed by atoms with Crippen molar-refractivity contribution in [3.8, 4) is 11.3 Å². The van der Waals surface area contributed by atoms with E-state index in [9.17, 15) is 9.90 Å². The Balaban J connectivity index is 2.04. The lowest BCUT2D eigenvalue weighted by atomic mass is 10.1. The summed E-state index contributed by atoms with van der Waals surface area (Å²) in [5.41, 5.74) is 1.70. The largest absolute Gasteiger partial charge is 0.480 e.